The van der Waals surface area contributed by atoms with E-state index in [9.17, 15) is 5.11 Å². The fourth-order valence-corrected chi connectivity index (χ4v) is 3.66. The number of aliphatic hydroxyl groups is 1. The minimum absolute atomic E-state index is 0.390. The first kappa shape index (κ1) is 10.5. The number of H-pyrrole nitrogens is 1. The number of hydrogen-bond acceptors (Lipinski definition) is 3. The van der Waals surface area contributed by atoms with E-state index in [-0.39, 0.29) is 0 Å². The van der Waals surface area contributed by atoms with Crippen LogP contribution in [-0.4, -0.2) is 39.6 Å². The third-order valence-corrected chi connectivity index (χ3v) is 4.65. The second-order valence-electron chi connectivity index (χ2n) is 5.58. The quantitative estimate of drug-likeness (QED) is 0.797. The van der Waals surface area contributed by atoms with Crippen LogP contribution in [0.25, 0.3) is 11.0 Å². The van der Waals surface area contributed by atoms with Crippen molar-refractivity contribution in [3.05, 3.63) is 30.1 Å². The predicted molar refractivity (Wildman–Crippen MR) is 69.2 cm³/mol. The Balaban J connectivity index is 1.86. The van der Waals surface area contributed by atoms with E-state index in [0.717, 1.165) is 49.1 Å². The highest BCUT2D eigenvalue weighted by atomic mass is 16.3. The average Bonchev–Trinajstić information content (AvgIpc) is 2.84. The molecule has 4 nitrogen and oxygen atoms in total. The van der Waals surface area contributed by atoms with Gasteiger partial charge < -0.3 is 15.0 Å². The summed E-state index contributed by atoms with van der Waals surface area (Å²) in [7, 11) is 0. The normalized spacial score (nSPS) is 35.2. The maximum absolute atomic E-state index is 11.1. The van der Waals surface area contributed by atoms with Gasteiger partial charge in [0.2, 0.25) is 0 Å². The van der Waals surface area contributed by atoms with E-state index in [1.54, 1.807) is 6.20 Å². The molecule has 94 valence electrons. The molecule has 3 fully saturated rings. The summed E-state index contributed by atoms with van der Waals surface area (Å²) in [5, 5.41) is 12.2. The molecule has 1 unspecified atom stereocenters. The van der Waals surface area contributed by atoms with Crippen LogP contribution in [0.1, 0.15) is 18.4 Å². The van der Waals surface area contributed by atoms with Gasteiger partial charge in [0, 0.05) is 29.9 Å². The van der Waals surface area contributed by atoms with E-state index in [1.807, 2.05) is 18.3 Å². The van der Waals surface area contributed by atoms with Crippen LogP contribution in [0.4, 0.5) is 0 Å². The Morgan fingerprint density at radius 1 is 1.39 bits per heavy atom. The molecule has 0 radical (unpaired) electrons. The van der Waals surface area contributed by atoms with E-state index in [1.165, 1.54) is 0 Å². The van der Waals surface area contributed by atoms with Gasteiger partial charge in [0.25, 0.3) is 0 Å². The Labute approximate surface area is 106 Å². The van der Waals surface area contributed by atoms with E-state index >= 15 is 0 Å². The summed E-state index contributed by atoms with van der Waals surface area (Å²) in [5.41, 5.74) is 1.20. The monoisotopic (exact) mass is 243 g/mol. The molecule has 0 aliphatic carbocycles. The molecule has 18 heavy (non-hydrogen) atoms. The van der Waals surface area contributed by atoms with Crippen molar-refractivity contribution in [2.45, 2.75) is 18.4 Å². The largest absolute Gasteiger partial charge is 0.383 e. The van der Waals surface area contributed by atoms with Gasteiger partial charge in [-0.15, -0.1) is 0 Å². The SMILES string of the molecule is OC1(c2c[nH]c3ncccc23)CN2CCC1CC2. The highest BCUT2D eigenvalue weighted by Crippen LogP contribution is 2.44. The average molecular weight is 243 g/mol. The molecule has 0 spiro atoms. The lowest BCUT2D eigenvalue weighted by molar-refractivity contribution is -0.116. The molecule has 0 saturated carbocycles. The summed E-state index contributed by atoms with van der Waals surface area (Å²) in [6.07, 6.45) is 5.93. The van der Waals surface area contributed by atoms with E-state index in [4.69, 9.17) is 0 Å². The van der Waals surface area contributed by atoms with Gasteiger partial charge in [-0.05, 0) is 44.0 Å². The molecule has 2 N–H and O–H groups in total. The Bertz CT molecular complexity index is 585. The summed E-state index contributed by atoms with van der Waals surface area (Å²) in [6, 6.07) is 3.98. The molecule has 3 saturated heterocycles. The van der Waals surface area contributed by atoms with Crippen LogP contribution >= 0.6 is 0 Å². The third kappa shape index (κ3) is 1.30. The van der Waals surface area contributed by atoms with Crippen LogP contribution in [0.15, 0.2) is 24.5 Å². The maximum atomic E-state index is 11.1. The molecule has 3 aliphatic rings. The van der Waals surface area contributed by atoms with Gasteiger partial charge in [0.1, 0.15) is 11.2 Å². The summed E-state index contributed by atoms with van der Waals surface area (Å²) in [5.74, 6) is 0.390. The molecule has 2 bridgehead atoms. The number of pyridine rings is 1. The van der Waals surface area contributed by atoms with Gasteiger partial charge in [-0.2, -0.15) is 0 Å². The first-order valence-corrected chi connectivity index (χ1v) is 6.65. The zero-order valence-corrected chi connectivity index (χ0v) is 10.3. The van der Waals surface area contributed by atoms with Crippen LogP contribution in [0.2, 0.25) is 0 Å². The second-order valence-corrected chi connectivity index (χ2v) is 5.58. The predicted octanol–water partition coefficient (Wildman–Crippen LogP) is 1.48. The lowest BCUT2D eigenvalue weighted by atomic mass is 9.72. The van der Waals surface area contributed by atoms with Crippen LogP contribution in [-0.2, 0) is 5.60 Å². The number of aromatic amines is 1. The highest BCUT2D eigenvalue weighted by molar-refractivity contribution is 5.80. The van der Waals surface area contributed by atoms with Crippen molar-refractivity contribution in [3.63, 3.8) is 0 Å². The Morgan fingerprint density at radius 2 is 2.22 bits per heavy atom. The van der Waals surface area contributed by atoms with Crippen molar-refractivity contribution < 1.29 is 5.11 Å². The molecule has 0 aromatic carbocycles. The van der Waals surface area contributed by atoms with Crippen LogP contribution in [0.5, 0.6) is 0 Å². The van der Waals surface area contributed by atoms with Crippen molar-refractivity contribution in [1.29, 1.82) is 0 Å². The van der Waals surface area contributed by atoms with Gasteiger partial charge in [-0.3, -0.25) is 0 Å². The topological polar surface area (TPSA) is 52.1 Å². The first-order valence-electron chi connectivity index (χ1n) is 6.65. The molecular formula is C14H17N3O. The smallest absolute Gasteiger partial charge is 0.137 e. The zero-order chi connectivity index (χ0) is 12.2. The molecule has 3 aliphatic heterocycles. The van der Waals surface area contributed by atoms with Crippen molar-refractivity contribution in [3.8, 4) is 0 Å². The number of aromatic nitrogens is 2. The van der Waals surface area contributed by atoms with Crippen LogP contribution in [0, 0.1) is 5.92 Å². The van der Waals surface area contributed by atoms with Gasteiger partial charge in [-0.25, -0.2) is 4.98 Å². The second kappa shape index (κ2) is 3.56. The molecular weight excluding hydrogens is 226 g/mol. The number of hydrogen-bond donors (Lipinski definition) is 2. The zero-order valence-electron chi connectivity index (χ0n) is 10.3. The summed E-state index contributed by atoms with van der Waals surface area (Å²) < 4.78 is 0. The minimum atomic E-state index is -0.697. The van der Waals surface area contributed by atoms with E-state index in [2.05, 4.69) is 14.9 Å². The Morgan fingerprint density at radius 3 is 2.94 bits per heavy atom. The Hall–Kier alpha value is -1.39. The number of nitrogens with zero attached hydrogens (tertiary/aromatic N) is 2. The van der Waals surface area contributed by atoms with Crippen molar-refractivity contribution >= 4 is 11.0 Å². The number of piperidine rings is 3. The molecule has 2 aromatic rings. The number of rotatable bonds is 1. The molecule has 5 rings (SSSR count). The standard InChI is InChI=1S/C14H17N3O/c18-14(9-17-6-3-10(14)4-7-17)12-8-16-13-11(12)2-1-5-15-13/h1-2,5,8,10,18H,3-4,6-7,9H2,(H,15,16). The molecule has 5 heterocycles. The van der Waals surface area contributed by atoms with Crippen molar-refractivity contribution in [1.82, 2.24) is 14.9 Å². The van der Waals surface area contributed by atoms with Gasteiger partial charge in [0.05, 0.1) is 0 Å². The lowest BCUT2D eigenvalue weighted by Crippen LogP contribution is -2.57. The fraction of sp³-hybridized carbons (Fsp3) is 0.500. The summed E-state index contributed by atoms with van der Waals surface area (Å²) in [4.78, 5) is 9.86. The van der Waals surface area contributed by atoms with E-state index in [0.29, 0.717) is 5.92 Å². The van der Waals surface area contributed by atoms with Gasteiger partial charge >= 0.3 is 0 Å². The summed E-state index contributed by atoms with van der Waals surface area (Å²) >= 11 is 0. The van der Waals surface area contributed by atoms with E-state index < -0.39 is 5.60 Å². The molecule has 2 aromatic heterocycles. The fourth-order valence-electron chi connectivity index (χ4n) is 3.66. The maximum Gasteiger partial charge on any atom is 0.137 e. The lowest BCUT2D eigenvalue weighted by Gasteiger charge is -2.50. The molecule has 4 heteroatoms. The number of nitrogens with one attached hydrogen (secondary N) is 1. The van der Waals surface area contributed by atoms with Gasteiger partial charge in [-0.1, -0.05) is 0 Å². The van der Waals surface area contributed by atoms with Crippen LogP contribution < -0.4 is 0 Å². The molecule has 1 atom stereocenters. The minimum Gasteiger partial charge on any atom is -0.383 e. The Kier molecular flexibility index (Phi) is 2.08. The first-order chi connectivity index (χ1) is 8.77. The highest BCUT2D eigenvalue weighted by Gasteiger charge is 2.47. The van der Waals surface area contributed by atoms with Gasteiger partial charge in [0.15, 0.2) is 0 Å². The van der Waals surface area contributed by atoms with Crippen molar-refractivity contribution in [2.75, 3.05) is 19.6 Å². The van der Waals surface area contributed by atoms with Crippen molar-refractivity contribution in [2.24, 2.45) is 5.92 Å². The third-order valence-electron chi connectivity index (χ3n) is 4.65. The molecule has 0 amide bonds. The summed E-state index contributed by atoms with van der Waals surface area (Å²) in [6.45, 7) is 3.03. The number of fused-ring (bicyclic) bond motifs is 4. The van der Waals surface area contributed by atoms with Crippen LogP contribution in [0.3, 0.4) is 0 Å².